The van der Waals surface area contributed by atoms with E-state index in [1.165, 1.54) is 17.3 Å². The molecule has 1 aliphatic heterocycles. The summed E-state index contributed by atoms with van der Waals surface area (Å²) in [4.78, 5) is 11.7. The van der Waals surface area contributed by atoms with E-state index in [1.807, 2.05) is 30.3 Å². The van der Waals surface area contributed by atoms with Crippen LogP contribution in [0, 0.1) is 5.92 Å². The van der Waals surface area contributed by atoms with Crippen molar-refractivity contribution in [1.82, 2.24) is 4.31 Å². The second-order valence-corrected chi connectivity index (χ2v) is 8.87. The van der Waals surface area contributed by atoms with Gasteiger partial charge in [0.2, 0.25) is 10.0 Å². The van der Waals surface area contributed by atoms with Crippen LogP contribution in [0.15, 0.2) is 59.5 Å². The second kappa shape index (κ2) is 8.78. The molecule has 0 spiro atoms. The third-order valence-corrected chi connectivity index (χ3v) is 6.81. The lowest BCUT2D eigenvalue weighted by molar-refractivity contribution is 0.0688. The van der Waals surface area contributed by atoms with Crippen molar-refractivity contribution in [3.05, 3.63) is 65.7 Å². The van der Waals surface area contributed by atoms with Crippen molar-refractivity contribution in [3.8, 4) is 0 Å². The van der Waals surface area contributed by atoms with Gasteiger partial charge in [-0.1, -0.05) is 42.5 Å². The van der Waals surface area contributed by atoms with E-state index >= 15 is 0 Å². The van der Waals surface area contributed by atoms with Crippen LogP contribution in [-0.4, -0.2) is 38.2 Å². The Labute approximate surface area is 161 Å². The van der Waals surface area contributed by atoms with Gasteiger partial charge in [0.05, 0.1) is 11.5 Å². The molecule has 2 aromatic rings. The first-order valence-corrected chi connectivity index (χ1v) is 10.6. The van der Waals surface area contributed by atoms with E-state index < -0.39 is 10.0 Å². The van der Waals surface area contributed by atoms with Gasteiger partial charge in [-0.2, -0.15) is 4.31 Å². The molecule has 1 fully saturated rings. The molecule has 5 nitrogen and oxygen atoms in total. The van der Waals surface area contributed by atoms with Gasteiger partial charge in [0.25, 0.3) is 0 Å². The van der Waals surface area contributed by atoms with E-state index in [0.717, 1.165) is 18.4 Å². The van der Waals surface area contributed by atoms with Crippen LogP contribution in [0.25, 0.3) is 0 Å². The molecule has 27 heavy (non-hydrogen) atoms. The lowest BCUT2D eigenvalue weighted by atomic mass is 9.99. The Bertz CT molecular complexity index is 872. The molecule has 0 N–H and O–H groups in total. The van der Waals surface area contributed by atoms with Gasteiger partial charge < -0.3 is 4.74 Å². The zero-order valence-electron chi connectivity index (χ0n) is 15.5. The first-order chi connectivity index (χ1) is 13.0. The monoisotopic (exact) mass is 387 g/mol. The van der Waals surface area contributed by atoms with Crippen LogP contribution in [-0.2, 0) is 21.4 Å². The summed E-state index contributed by atoms with van der Waals surface area (Å²) in [6, 6.07) is 16.3. The predicted molar refractivity (Wildman–Crippen MR) is 104 cm³/mol. The van der Waals surface area contributed by atoms with Gasteiger partial charge in [-0.25, -0.2) is 8.42 Å². The number of hydrogen-bond donors (Lipinski definition) is 0. The highest BCUT2D eigenvalue weighted by molar-refractivity contribution is 7.89. The van der Waals surface area contributed by atoms with E-state index in [2.05, 4.69) is 0 Å². The van der Waals surface area contributed by atoms with Crippen LogP contribution in [0.1, 0.15) is 35.7 Å². The summed E-state index contributed by atoms with van der Waals surface area (Å²) >= 11 is 0. The predicted octanol–water partition coefficient (Wildman–Crippen LogP) is 3.51. The first-order valence-electron chi connectivity index (χ1n) is 9.19. The Kier molecular flexibility index (Phi) is 6.42. The summed E-state index contributed by atoms with van der Waals surface area (Å²) in [7, 11) is -3.56. The van der Waals surface area contributed by atoms with Crippen molar-refractivity contribution >= 4 is 15.8 Å². The molecule has 0 saturated carbocycles. The molecule has 0 amide bonds. The highest BCUT2D eigenvalue weighted by atomic mass is 32.2. The highest BCUT2D eigenvalue weighted by Crippen LogP contribution is 2.25. The van der Waals surface area contributed by atoms with Gasteiger partial charge in [0.1, 0.15) is 0 Å². The summed E-state index contributed by atoms with van der Waals surface area (Å²) in [5, 5.41) is 0. The van der Waals surface area contributed by atoms with E-state index in [0.29, 0.717) is 37.8 Å². The van der Waals surface area contributed by atoms with E-state index in [1.54, 1.807) is 18.2 Å². The van der Waals surface area contributed by atoms with Gasteiger partial charge >= 0.3 is 0 Å². The molecular weight excluding hydrogens is 362 g/mol. The van der Waals surface area contributed by atoms with Crippen LogP contribution >= 0.6 is 0 Å². The number of ketones is 1. The number of sulfonamides is 1. The number of carbonyl (C=O) groups is 1. The van der Waals surface area contributed by atoms with Gasteiger partial charge in [-0.3, -0.25) is 4.79 Å². The average molecular weight is 388 g/mol. The molecule has 3 rings (SSSR count). The summed E-state index contributed by atoms with van der Waals surface area (Å²) in [5.41, 5.74) is 1.56. The van der Waals surface area contributed by atoms with Crippen LogP contribution < -0.4 is 0 Å². The zero-order valence-corrected chi connectivity index (χ0v) is 16.3. The third kappa shape index (κ3) is 5.03. The Morgan fingerprint density at radius 3 is 2.44 bits per heavy atom. The number of carbonyl (C=O) groups excluding carboxylic acids is 1. The van der Waals surface area contributed by atoms with Gasteiger partial charge in [0.15, 0.2) is 5.78 Å². The summed E-state index contributed by atoms with van der Waals surface area (Å²) < 4.78 is 33.0. The van der Waals surface area contributed by atoms with Crippen molar-refractivity contribution < 1.29 is 17.9 Å². The van der Waals surface area contributed by atoms with Crippen molar-refractivity contribution in [1.29, 1.82) is 0 Å². The number of ether oxygens (including phenoxy) is 1. The summed E-state index contributed by atoms with van der Waals surface area (Å²) in [6.45, 7) is 3.62. The van der Waals surface area contributed by atoms with Gasteiger partial charge in [-0.05, 0) is 43.4 Å². The minimum atomic E-state index is -3.56. The Balaban J connectivity index is 1.53. The quantitative estimate of drug-likeness (QED) is 0.682. The second-order valence-electron chi connectivity index (χ2n) is 6.93. The number of piperidine rings is 1. The Morgan fingerprint density at radius 2 is 1.78 bits per heavy atom. The minimum Gasteiger partial charge on any atom is -0.376 e. The maximum atomic E-state index is 12.9. The molecule has 0 aromatic heterocycles. The number of hydrogen-bond acceptors (Lipinski definition) is 4. The lowest BCUT2D eigenvalue weighted by Crippen LogP contribution is -2.39. The molecular formula is C21H25NO4S. The van der Waals surface area contributed by atoms with E-state index in [-0.39, 0.29) is 10.7 Å². The minimum absolute atomic E-state index is 0.138. The molecule has 0 atom stereocenters. The molecule has 144 valence electrons. The number of Topliss-reactive ketones (excluding diaryl/α,β-unsaturated/α-hetero) is 1. The van der Waals surface area contributed by atoms with E-state index in [9.17, 15) is 13.2 Å². The maximum Gasteiger partial charge on any atom is 0.243 e. The molecule has 1 heterocycles. The van der Waals surface area contributed by atoms with Crippen LogP contribution in [0.5, 0.6) is 0 Å². The van der Waals surface area contributed by atoms with Crippen molar-refractivity contribution in [2.45, 2.75) is 31.3 Å². The van der Waals surface area contributed by atoms with Crippen molar-refractivity contribution in [2.24, 2.45) is 5.92 Å². The molecule has 0 aliphatic carbocycles. The molecule has 0 radical (unpaired) electrons. The molecule has 1 saturated heterocycles. The fraction of sp³-hybridized carbons (Fsp3) is 0.381. The zero-order chi connectivity index (χ0) is 19.3. The molecule has 6 heteroatoms. The SMILES string of the molecule is CC(=O)c1cccc(S(=O)(=O)N2CCC(COCc3ccccc3)CC2)c1. The average Bonchev–Trinajstić information content (AvgIpc) is 2.69. The smallest absolute Gasteiger partial charge is 0.243 e. The van der Waals surface area contributed by atoms with Gasteiger partial charge in [-0.15, -0.1) is 0 Å². The summed E-state index contributed by atoms with van der Waals surface area (Å²) in [5.74, 6) is 0.227. The normalized spacial score (nSPS) is 16.3. The Hall–Kier alpha value is -2.02. The standard InChI is InChI=1S/C21H25NO4S/c1-17(23)20-8-5-9-21(14-20)27(24,25)22-12-10-19(11-13-22)16-26-15-18-6-3-2-4-7-18/h2-9,14,19H,10-13,15-16H2,1H3. The molecule has 0 unspecified atom stereocenters. The fourth-order valence-electron chi connectivity index (χ4n) is 3.26. The Morgan fingerprint density at radius 1 is 1.07 bits per heavy atom. The van der Waals surface area contributed by atoms with Gasteiger partial charge in [0, 0.05) is 25.3 Å². The number of rotatable bonds is 7. The lowest BCUT2D eigenvalue weighted by Gasteiger charge is -2.31. The highest BCUT2D eigenvalue weighted by Gasteiger charge is 2.29. The molecule has 0 bridgehead atoms. The number of benzene rings is 2. The topological polar surface area (TPSA) is 63.7 Å². The fourth-order valence-corrected chi connectivity index (χ4v) is 4.77. The molecule has 2 aromatic carbocycles. The maximum absolute atomic E-state index is 12.9. The van der Waals surface area contributed by atoms with Crippen LogP contribution in [0.3, 0.4) is 0 Å². The van der Waals surface area contributed by atoms with E-state index in [4.69, 9.17) is 4.74 Å². The van der Waals surface area contributed by atoms with Crippen LogP contribution in [0.2, 0.25) is 0 Å². The first kappa shape index (κ1) is 19.7. The van der Waals surface area contributed by atoms with Crippen molar-refractivity contribution in [3.63, 3.8) is 0 Å². The van der Waals surface area contributed by atoms with Crippen LogP contribution in [0.4, 0.5) is 0 Å². The third-order valence-electron chi connectivity index (χ3n) is 4.92. The molecule has 1 aliphatic rings. The largest absolute Gasteiger partial charge is 0.376 e. The van der Waals surface area contributed by atoms with Crippen molar-refractivity contribution in [2.75, 3.05) is 19.7 Å². The number of nitrogens with zero attached hydrogens (tertiary/aromatic N) is 1. The summed E-state index contributed by atoms with van der Waals surface area (Å²) in [6.07, 6.45) is 1.56.